The molecule has 2 aromatic rings. The Morgan fingerprint density at radius 1 is 1.00 bits per heavy atom. The smallest absolute Gasteiger partial charge is 0.0456 e. The van der Waals surface area contributed by atoms with Crippen molar-refractivity contribution < 1.29 is 0 Å². The summed E-state index contributed by atoms with van der Waals surface area (Å²) in [7, 11) is 0. The van der Waals surface area contributed by atoms with Gasteiger partial charge in [-0.1, -0.05) is 6.07 Å². The molecule has 0 radical (unpaired) electrons. The molecule has 0 fully saturated rings. The van der Waals surface area contributed by atoms with Gasteiger partial charge >= 0.3 is 0 Å². The van der Waals surface area contributed by atoms with Crippen molar-refractivity contribution in [1.82, 2.24) is 10.3 Å². The number of aromatic nitrogens is 1. The standard InChI is InChI=1S/C12H14N2/c1-2-12-11(5-8-14-12)10-4-7-13-6-3-9(1)10/h1-2,5,8,13-14H,3-4,6-7H2. The van der Waals surface area contributed by atoms with Gasteiger partial charge in [0.2, 0.25) is 0 Å². The monoisotopic (exact) mass is 186 g/mol. The summed E-state index contributed by atoms with van der Waals surface area (Å²) in [5, 5.41) is 4.85. The van der Waals surface area contributed by atoms with Gasteiger partial charge in [0.05, 0.1) is 0 Å². The Morgan fingerprint density at radius 2 is 1.93 bits per heavy atom. The van der Waals surface area contributed by atoms with Crippen LogP contribution in [-0.4, -0.2) is 18.1 Å². The van der Waals surface area contributed by atoms with Gasteiger partial charge in [-0.05, 0) is 49.2 Å². The predicted molar refractivity (Wildman–Crippen MR) is 58.6 cm³/mol. The van der Waals surface area contributed by atoms with Crippen molar-refractivity contribution in [3.05, 3.63) is 35.5 Å². The molecule has 1 aliphatic heterocycles. The maximum atomic E-state index is 3.44. The van der Waals surface area contributed by atoms with Crippen LogP contribution >= 0.6 is 0 Å². The fourth-order valence-corrected chi connectivity index (χ4v) is 2.33. The molecule has 0 aliphatic carbocycles. The van der Waals surface area contributed by atoms with Crippen molar-refractivity contribution in [3.8, 4) is 0 Å². The second-order valence-corrected chi connectivity index (χ2v) is 3.89. The fourth-order valence-electron chi connectivity index (χ4n) is 2.33. The molecule has 2 heterocycles. The normalized spacial score (nSPS) is 16.6. The average molecular weight is 186 g/mol. The quantitative estimate of drug-likeness (QED) is 0.645. The topological polar surface area (TPSA) is 27.8 Å². The number of H-pyrrole nitrogens is 1. The van der Waals surface area contributed by atoms with Crippen LogP contribution in [0, 0.1) is 0 Å². The zero-order valence-corrected chi connectivity index (χ0v) is 8.14. The van der Waals surface area contributed by atoms with E-state index in [-0.39, 0.29) is 0 Å². The Hall–Kier alpha value is -1.28. The lowest BCUT2D eigenvalue weighted by Crippen LogP contribution is -2.16. The van der Waals surface area contributed by atoms with E-state index in [0.717, 1.165) is 25.9 Å². The molecule has 0 unspecified atom stereocenters. The summed E-state index contributed by atoms with van der Waals surface area (Å²) in [4.78, 5) is 3.27. The summed E-state index contributed by atoms with van der Waals surface area (Å²) in [5.41, 5.74) is 4.32. The van der Waals surface area contributed by atoms with E-state index in [0.29, 0.717) is 0 Å². The molecule has 1 aliphatic rings. The molecule has 1 aromatic heterocycles. The Kier molecular flexibility index (Phi) is 1.81. The van der Waals surface area contributed by atoms with Crippen molar-refractivity contribution >= 4 is 10.9 Å². The third kappa shape index (κ3) is 1.15. The molecular weight excluding hydrogens is 172 g/mol. The molecular formula is C12H14N2. The Balaban J connectivity index is 2.26. The highest BCUT2D eigenvalue weighted by Gasteiger charge is 2.10. The van der Waals surface area contributed by atoms with Crippen LogP contribution in [-0.2, 0) is 12.8 Å². The fraction of sp³-hybridized carbons (Fsp3) is 0.333. The molecule has 72 valence electrons. The zero-order valence-electron chi connectivity index (χ0n) is 8.14. The molecule has 3 rings (SSSR count). The number of hydrogen-bond acceptors (Lipinski definition) is 1. The second-order valence-electron chi connectivity index (χ2n) is 3.89. The molecule has 0 spiro atoms. The van der Waals surface area contributed by atoms with Crippen molar-refractivity contribution in [3.63, 3.8) is 0 Å². The Bertz CT molecular complexity index is 456. The van der Waals surface area contributed by atoms with E-state index >= 15 is 0 Å². The molecule has 0 atom stereocenters. The summed E-state index contributed by atoms with van der Waals surface area (Å²) in [6.45, 7) is 2.22. The maximum absolute atomic E-state index is 3.44. The number of aromatic amines is 1. The van der Waals surface area contributed by atoms with Crippen molar-refractivity contribution in [1.29, 1.82) is 0 Å². The van der Waals surface area contributed by atoms with Gasteiger partial charge in [-0.3, -0.25) is 0 Å². The van der Waals surface area contributed by atoms with Crippen molar-refractivity contribution in [2.45, 2.75) is 12.8 Å². The molecule has 0 bridgehead atoms. The van der Waals surface area contributed by atoms with E-state index in [1.807, 2.05) is 6.20 Å². The minimum atomic E-state index is 1.11. The molecule has 0 amide bonds. The van der Waals surface area contributed by atoms with Crippen LogP contribution in [0.5, 0.6) is 0 Å². The average Bonchev–Trinajstić information content (AvgIpc) is 2.55. The van der Waals surface area contributed by atoms with Gasteiger partial charge in [-0.2, -0.15) is 0 Å². The zero-order chi connectivity index (χ0) is 9.38. The SMILES string of the molecule is c1cc2c3c(ccc2[nH]1)CCNCC3. The van der Waals surface area contributed by atoms with Gasteiger partial charge < -0.3 is 10.3 Å². The highest BCUT2D eigenvalue weighted by molar-refractivity contribution is 5.84. The molecule has 2 nitrogen and oxygen atoms in total. The number of benzene rings is 1. The predicted octanol–water partition coefficient (Wildman–Crippen LogP) is 1.86. The van der Waals surface area contributed by atoms with Crippen LogP contribution in [0.25, 0.3) is 10.9 Å². The van der Waals surface area contributed by atoms with E-state index in [1.54, 1.807) is 0 Å². The lowest BCUT2D eigenvalue weighted by atomic mass is 9.99. The number of rotatable bonds is 0. The van der Waals surface area contributed by atoms with E-state index in [2.05, 4.69) is 28.5 Å². The highest BCUT2D eigenvalue weighted by atomic mass is 14.8. The number of nitrogens with one attached hydrogen (secondary N) is 2. The second kappa shape index (κ2) is 3.14. The van der Waals surface area contributed by atoms with Gasteiger partial charge in [0.15, 0.2) is 0 Å². The number of hydrogen-bond donors (Lipinski definition) is 2. The first kappa shape index (κ1) is 8.06. The molecule has 1 aromatic carbocycles. The Morgan fingerprint density at radius 3 is 2.93 bits per heavy atom. The minimum Gasteiger partial charge on any atom is -0.361 e. The summed E-state index contributed by atoms with van der Waals surface area (Å²) < 4.78 is 0. The van der Waals surface area contributed by atoms with E-state index < -0.39 is 0 Å². The highest BCUT2D eigenvalue weighted by Crippen LogP contribution is 2.23. The van der Waals surface area contributed by atoms with Crippen LogP contribution in [0.2, 0.25) is 0 Å². The number of fused-ring (bicyclic) bond motifs is 3. The summed E-state index contributed by atoms with van der Waals surface area (Å²) >= 11 is 0. The summed E-state index contributed by atoms with van der Waals surface area (Å²) in [6, 6.07) is 6.65. The van der Waals surface area contributed by atoms with Crippen molar-refractivity contribution in [2.24, 2.45) is 0 Å². The van der Waals surface area contributed by atoms with E-state index in [9.17, 15) is 0 Å². The lowest BCUT2D eigenvalue weighted by molar-refractivity contribution is 0.711. The van der Waals surface area contributed by atoms with Crippen LogP contribution < -0.4 is 5.32 Å². The van der Waals surface area contributed by atoms with E-state index in [1.165, 1.54) is 22.0 Å². The third-order valence-corrected chi connectivity index (χ3v) is 3.07. The van der Waals surface area contributed by atoms with Gasteiger partial charge in [0.25, 0.3) is 0 Å². The van der Waals surface area contributed by atoms with Crippen molar-refractivity contribution in [2.75, 3.05) is 13.1 Å². The first-order chi connectivity index (χ1) is 6.95. The summed E-state index contributed by atoms with van der Waals surface area (Å²) in [5.74, 6) is 0. The van der Waals surface area contributed by atoms with Gasteiger partial charge in [0, 0.05) is 17.1 Å². The summed E-state index contributed by atoms with van der Waals surface area (Å²) in [6.07, 6.45) is 4.35. The van der Waals surface area contributed by atoms with E-state index in [4.69, 9.17) is 0 Å². The van der Waals surface area contributed by atoms with Gasteiger partial charge in [-0.25, -0.2) is 0 Å². The lowest BCUT2D eigenvalue weighted by Gasteiger charge is -2.05. The maximum Gasteiger partial charge on any atom is 0.0456 e. The van der Waals surface area contributed by atoms with Crippen LogP contribution in [0.3, 0.4) is 0 Å². The van der Waals surface area contributed by atoms with Gasteiger partial charge in [0.1, 0.15) is 0 Å². The molecule has 0 saturated heterocycles. The minimum absolute atomic E-state index is 1.11. The Labute approximate surface area is 83.3 Å². The van der Waals surface area contributed by atoms with Crippen LogP contribution in [0.1, 0.15) is 11.1 Å². The largest absolute Gasteiger partial charge is 0.361 e. The molecule has 2 N–H and O–H groups in total. The van der Waals surface area contributed by atoms with Gasteiger partial charge in [-0.15, -0.1) is 0 Å². The third-order valence-electron chi connectivity index (χ3n) is 3.07. The van der Waals surface area contributed by atoms with Crippen LogP contribution in [0.4, 0.5) is 0 Å². The molecule has 0 saturated carbocycles. The first-order valence-electron chi connectivity index (χ1n) is 5.24. The van der Waals surface area contributed by atoms with Crippen LogP contribution in [0.15, 0.2) is 24.4 Å². The molecule has 14 heavy (non-hydrogen) atoms. The molecule has 2 heteroatoms. The first-order valence-corrected chi connectivity index (χ1v) is 5.24.